The van der Waals surface area contributed by atoms with Crippen molar-refractivity contribution in [1.82, 2.24) is 20.3 Å². The number of nitrogens with zero attached hydrogens (tertiary/aromatic N) is 5. The molecule has 3 amide bonds. The van der Waals surface area contributed by atoms with Crippen molar-refractivity contribution in [1.29, 1.82) is 0 Å². The van der Waals surface area contributed by atoms with Gasteiger partial charge < -0.3 is 5.32 Å². The van der Waals surface area contributed by atoms with Gasteiger partial charge in [0.25, 0.3) is 11.6 Å². The Bertz CT molecular complexity index is 967. The molecule has 0 spiro atoms. The van der Waals surface area contributed by atoms with Gasteiger partial charge in [-0.1, -0.05) is 13.0 Å². The number of nitro groups is 1. The summed E-state index contributed by atoms with van der Waals surface area (Å²) in [5.41, 5.74) is -0.788. The Hall–Kier alpha value is -3.34. The molecule has 11 heteroatoms. The molecule has 1 aliphatic heterocycles. The molecular weight excluding hydrogens is 384 g/mol. The van der Waals surface area contributed by atoms with Gasteiger partial charge in [-0.25, -0.2) is 14.8 Å². The number of imide groups is 1. The van der Waals surface area contributed by atoms with E-state index in [1.807, 2.05) is 0 Å². The van der Waals surface area contributed by atoms with Crippen LogP contribution in [-0.4, -0.2) is 43.6 Å². The SMILES string of the molecule is CC[C@]1(C)NC(=O)N(/N=C\c2ccc(Sc3ncccn3)c([N+](=O)[O-])c2)C1=O. The maximum atomic E-state index is 12.3. The topological polar surface area (TPSA) is 131 Å². The number of hydrogen-bond acceptors (Lipinski definition) is 8. The van der Waals surface area contributed by atoms with Crippen LogP contribution in [-0.2, 0) is 4.79 Å². The number of benzene rings is 1. The van der Waals surface area contributed by atoms with Gasteiger partial charge in [0.05, 0.1) is 16.0 Å². The second-order valence-corrected chi connectivity index (χ2v) is 7.10. The Morgan fingerprint density at radius 3 is 2.68 bits per heavy atom. The molecule has 1 fully saturated rings. The number of hydrazone groups is 1. The van der Waals surface area contributed by atoms with Crippen LogP contribution in [0.15, 0.2) is 51.8 Å². The monoisotopic (exact) mass is 400 g/mol. The van der Waals surface area contributed by atoms with Crippen LogP contribution in [0.3, 0.4) is 0 Å². The first-order valence-corrected chi connectivity index (χ1v) is 9.09. The number of urea groups is 1. The lowest BCUT2D eigenvalue weighted by atomic mass is 10.00. The van der Waals surface area contributed by atoms with Gasteiger partial charge in [-0.2, -0.15) is 5.10 Å². The molecule has 2 aromatic rings. The number of rotatable bonds is 6. The van der Waals surface area contributed by atoms with Crippen molar-refractivity contribution in [2.75, 3.05) is 0 Å². The molecule has 0 aliphatic carbocycles. The van der Waals surface area contributed by atoms with Crippen LogP contribution in [0.4, 0.5) is 10.5 Å². The van der Waals surface area contributed by atoms with Crippen LogP contribution < -0.4 is 5.32 Å². The fourth-order valence-corrected chi connectivity index (χ4v) is 3.22. The molecule has 1 N–H and O–H groups in total. The van der Waals surface area contributed by atoms with Crippen LogP contribution in [0.5, 0.6) is 0 Å². The van der Waals surface area contributed by atoms with Crippen LogP contribution in [0.25, 0.3) is 0 Å². The zero-order valence-corrected chi connectivity index (χ0v) is 15.8. The summed E-state index contributed by atoms with van der Waals surface area (Å²) in [6.07, 6.45) is 4.75. The molecule has 2 heterocycles. The minimum atomic E-state index is -1.00. The van der Waals surface area contributed by atoms with E-state index in [0.29, 0.717) is 22.0 Å². The lowest BCUT2D eigenvalue weighted by molar-refractivity contribution is -0.387. The van der Waals surface area contributed by atoms with Gasteiger partial charge in [0.15, 0.2) is 5.16 Å². The molecule has 0 bridgehead atoms. The summed E-state index contributed by atoms with van der Waals surface area (Å²) in [5.74, 6) is -0.473. The molecule has 0 unspecified atom stereocenters. The third kappa shape index (κ3) is 3.83. The Kier molecular flexibility index (Phi) is 5.36. The third-order valence-electron chi connectivity index (χ3n) is 4.19. The van der Waals surface area contributed by atoms with E-state index >= 15 is 0 Å². The number of amides is 3. The van der Waals surface area contributed by atoms with E-state index in [1.54, 1.807) is 44.4 Å². The fourth-order valence-electron chi connectivity index (χ4n) is 2.42. The van der Waals surface area contributed by atoms with Crippen molar-refractivity contribution < 1.29 is 14.5 Å². The minimum absolute atomic E-state index is 0.156. The molecule has 144 valence electrons. The minimum Gasteiger partial charge on any atom is -0.322 e. The molecule has 1 aliphatic rings. The van der Waals surface area contributed by atoms with Crippen molar-refractivity contribution in [3.05, 3.63) is 52.3 Å². The Labute approximate surface area is 164 Å². The quantitative estimate of drug-likeness (QED) is 0.259. The zero-order chi connectivity index (χ0) is 20.3. The molecule has 1 aromatic carbocycles. The smallest absolute Gasteiger partial charge is 0.322 e. The first-order chi connectivity index (χ1) is 13.3. The summed E-state index contributed by atoms with van der Waals surface area (Å²) in [6.45, 7) is 3.40. The van der Waals surface area contributed by atoms with Crippen molar-refractivity contribution in [3.63, 3.8) is 0 Å². The van der Waals surface area contributed by atoms with E-state index in [2.05, 4.69) is 20.4 Å². The van der Waals surface area contributed by atoms with Gasteiger partial charge in [0, 0.05) is 24.0 Å². The third-order valence-corrected chi connectivity index (χ3v) is 5.15. The second-order valence-electron chi connectivity index (χ2n) is 6.10. The van der Waals surface area contributed by atoms with E-state index < -0.39 is 22.4 Å². The van der Waals surface area contributed by atoms with Crippen molar-refractivity contribution >= 4 is 35.6 Å². The molecular formula is C17H16N6O4S. The highest BCUT2D eigenvalue weighted by molar-refractivity contribution is 7.99. The second kappa shape index (κ2) is 7.72. The summed E-state index contributed by atoms with van der Waals surface area (Å²) < 4.78 is 0. The van der Waals surface area contributed by atoms with Gasteiger partial charge in [-0.15, -0.1) is 5.01 Å². The number of carbonyl (C=O) groups is 2. The summed E-state index contributed by atoms with van der Waals surface area (Å²) >= 11 is 1.06. The number of nitro benzene ring substituents is 1. The molecule has 1 atom stereocenters. The highest BCUT2D eigenvalue weighted by Gasteiger charge is 2.46. The maximum absolute atomic E-state index is 12.3. The summed E-state index contributed by atoms with van der Waals surface area (Å²) in [4.78, 5) is 43.6. The average Bonchev–Trinajstić information content (AvgIpc) is 2.90. The van der Waals surface area contributed by atoms with Crippen LogP contribution in [0.2, 0.25) is 0 Å². The van der Waals surface area contributed by atoms with Gasteiger partial charge >= 0.3 is 6.03 Å². The molecule has 0 radical (unpaired) electrons. The summed E-state index contributed by atoms with van der Waals surface area (Å²) in [5, 5.41) is 19.0. The van der Waals surface area contributed by atoms with Crippen molar-refractivity contribution in [2.45, 2.75) is 35.9 Å². The fraction of sp³-hybridized carbons (Fsp3) is 0.235. The number of carbonyl (C=O) groups excluding carboxylic acids is 2. The van der Waals surface area contributed by atoms with Gasteiger partial charge in [0.2, 0.25) is 0 Å². The highest BCUT2D eigenvalue weighted by Crippen LogP contribution is 2.33. The Morgan fingerprint density at radius 2 is 2.07 bits per heavy atom. The molecule has 1 saturated heterocycles. The predicted molar refractivity (Wildman–Crippen MR) is 101 cm³/mol. The van der Waals surface area contributed by atoms with E-state index in [0.717, 1.165) is 16.8 Å². The van der Waals surface area contributed by atoms with Gasteiger partial charge in [-0.3, -0.25) is 14.9 Å². The maximum Gasteiger partial charge on any atom is 0.346 e. The Balaban J connectivity index is 1.84. The Morgan fingerprint density at radius 1 is 1.36 bits per heavy atom. The van der Waals surface area contributed by atoms with Gasteiger partial charge in [0.1, 0.15) is 5.54 Å². The number of nitrogens with one attached hydrogen (secondary N) is 1. The van der Waals surface area contributed by atoms with E-state index in [1.165, 1.54) is 12.3 Å². The summed E-state index contributed by atoms with van der Waals surface area (Å²) in [6, 6.07) is 5.47. The van der Waals surface area contributed by atoms with Crippen molar-refractivity contribution in [2.24, 2.45) is 5.10 Å². The normalized spacial score (nSPS) is 19.3. The van der Waals surface area contributed by atoms with Gasteiger partial charge in [-0.05, 0) is 37.2 Å². The summed E-state index contributed by atoms with van der Waals surface area (Å²) in [7, 11) is 0. The number of aromatic nitrogens is 2. The van der Waals surface area contributed by atoms with E-state index in [9.17, 15) is 19.7 Å². The van der Waals surface area contributed by atoms with E-state index in [4.69, 9.17) is 0 Å². The number of hydrogen-bond donors (Lipinski definition) is 1. The highest BCUT2D eigenvalue weighted by atomic mass is 32.2. The standard InChI is InChI=1S/C17H16N6O4S/c1-3-17(2)14(24)22(16(25)21-17)20-10-11-5-6-13(12(9-11)23(26)27)28-15-18-7-4-8-19-15/h4-10H,3H2,1-2H3,(H,21,25)/b20-10-/t17-/m0/s1. The first kappa shape index (κ1) is 19.4. The molecule has 1 aromatic heterocycles. The zero-order valence-electron chi connectivity index (χ0n) is 15.0. The first-order valence-electron chi connectivity index (χ1n) is 8.28. The van der Waals surface area contributed by atoms with Crippen LogP contribution in [0.1, 0.15) is 25.8 Å². The van der Waals surface area contributed by atoms with E-state index in [-0.39, 0.29) is 5.69 Å². The lowest BCUT2D eigenvalue weighted by Gasteiger charge is -2.17. The molecule has 10 nitrogen and oxygen atoms in total. The largest absolute Gasteiger partial charge is 0.346 e. The van der Waals surface area contributed by atoms with Crippen LogP contribution in [0, 0.1) is 10.1 Å². The predicted octanol–water partition coefficient (Wildman–Crippen LogP) is 2.59. The van der Waals surface area contributed by atoms with Crippen molar-refractivity contribution in [3.8, 4) is 0 Å². The molecule has 28 heavy (non-hydrogen) atoms. The van der Waals surface area contributed by atoms with Crippen LogP contribution >= 0.6 is 11.8 Å². The lowest BCUT2D eigenvalue weighted by Crippen LogP contribution is -2.42. The molecule has 0 saturated carbocycles. The average molecular weight is 400 g/mol. The molecule has 3 rings (SSSR count).